The van der Waals surface area contributed by atoms with Crippen molar-refractivity contribution in [2.24, 2.45) is 0 Å². The molecule has 0 aliphatic rings. The standard InChI is InChI=1S/C36H44/c1-33(2,3)23-16-21-14-13-15-25-29(21)26(19-23)27-20-24(34(4,5)6)17-22-18-28(35(7,8)9)32(36(10,11)12)31(25)30(22)27/h13-20H,1-12H3. The highest BCUT2D eigenvalue weighted by Gasteiger charge is 2.31. The second-order valence-electron chi connectivity index (χ2n) is 15.2. The van der Waals surface area contributed by atoms with Gasteiger partial charge in [-0.25, -0.2) is 0 Å². The van der Waals surface area contributed by atoms with Gasteiger partial charge in [0.05, 0.1) is 0 Å². The summed E-state index contributed by atoms with van der Waals surface area (Å²) in [6.45, 7) is 28.3. The summed E-state index contributed by atoms with van der Waals surface area (Å²) in [4.78, 5) is 0. The van der Waals surface area contributed by atoms with Crippen LogP contribution in [0.15, 0.2) is 48.5 Å². The lowest BCUT2D eigenvalue weighted by Gasteiger charge is -2.34. The van der Waals surface area contributed by atoms with Crippen LogP contribution in [0.25, 0.3) is 43.1 Å². The van der Waals surface area contributed by atoms with E-state index in [0.29, 0.717) is 0 Å². The van der Waals surface area contributed by atoms with Gasteiger partial charge in [0.15, 0.2) is 0 Å². The molecule has 0 atom stereocenters. The first-order valence-electron chi connectivity index (χ1n) is 13.6. The monoisotopic (exact) mass is 476 g/mol. The first-order valence-corrected chi connectivity index (χ1v) is 13.6. The van der Waals surface area contributed by atoms with Crippen molar-refractivity contribution in [2.75, 3.05) is 0 Å². The minimum Gasteiger partial charge on any atom is -0.0610 e. The second-order valence-corrected chi connectivity index (χ2v) is 15.2. The molecule has 0 heteroatoms. The van der Waals surface area contributed by atoms with Gasteiger partial charge in [-0.15, -0.1) is 0 Å². The molecule has 0 aliphatic carbocycles. The topological polar surface area (TPSA) is 0 Å². The molecular weight excluding hydrogens is 432 g/mol. The maximum absolute atomic E-state index is 2.52. The van der Waals surface area contributed by atoms with Crippen molar-refractivity contribution in [3.05, 3.63) is 70.8 Å². The van der Waals surface area contributed by atoms with Crippen molar-refractivity contribution >= 4 is 43.1 Å². The van der Waals surface area contributed by atoms with E-state index >= 15 is 0 Å². The van der Waals surface area contributed by atoms with Crippen LogP contribution in [0.5, 0.6) is 0 Å². The summed E-state index contributed by atoms with van der Waals surface area (Å²) in [5, 5.41) is 11.3. The molecule has 0 aromatic heterocycles. The SMILES string of the molecule is CC(C)(C)c1cc2cccc3c4c(C(C)(C)C)c(C(C)(C)C)cc5cc(C(C)(C)C)cc(c(c1)c23)c54. The molecule has 0 N–H and O–H groups in total. The predicted molar refractivity (Wildman–Crippen MR) is 162 cm³/mol. The first-order chi connectivity index (χ1) is 16.4. The third-order valence-electron chi connectivity index (χ3n) is 8.06. The minimum atomic E-state index is 0.0249. The lowest BCUT2D eigenvalue weighted by Crippen LogP contribution is -2.23. The zero-order valence-electron chi connectivity index (χ0n) is 24.6. The Morgan fingerprint density at radius 1 is 0.417 bits per heavy atom. The van der Waals surface area contributed by atoms with E-state index in [1.807, 2.05) is 0 Å². The Hall–Kier alpha value is -2.60. The van der Waals surface area contributed by atoms with E-state index in [0.717, 1.165) is 0 Å². The maximum Gasteiger partial charge on any atom is -0.00230 e. The molecule has 5 rings (SSSR count). The van der Waals surface area contributed by atoms with Gasteiger partial charge in [-0.3, -0.25) is 0 Å². The maximum atomic E-state index is 2.52. The summed E-state index contributed by atoms with van der Waals surface area (Å²) in [7, 11) is 0. The van der Waals surface area contributed by atoms with Crippen molar-refractivity contribution in [3.8, 4) is 0 Å². The lowest BCUT2D eigenvalue weighted by atomic mass is 9.70. The van der Waals surface area contributed by atoms with E-state index in [4.69, 9.17) is 0 Å². The molecule has 36 heavy (non-hydrogen) atoms. The molecule has 5 aromatic carbocycles. The quantitative estimate of drug-likeness (QED) is 0.154. The van der Waals surface area contributed by atoms with Crippen LogP contribution in [-0.4, -0.2) is 0 Å². The highest BCUT2D eigenvalue weighted by molar-refractivity contribution is 6.34. The fourth-order valence-corrected chi connectivity index (χ4v) is 6.11. The Bertz CT molecular complexity index is 1630. The van der Waals surface area contributed by atoms with Crippen molar-refractivity contribution in [1.29, 1.82) is 0 Å². The molecule has 0 saturated carbocycles. The fourth-order valence-electron chi connectivity index (χ4n) is 6.11. The van der Waals surface area contributed by atoms with Crippen molar-refractivity contribution < 1.29 is 0 Å². The fraction of sp³-hybridized carbons (Fsp3) is 0.444. The van der Waals surface area contributed by atoms with Gasteiger partial charge in [0.1, 0.15) is 0 Å². The zero-order valence-corrected chi connectivity index (χ0v) is 24.6. The van der Waals surface area contributed by atoms with Crippen LogP contribution in [0.3, 0.4) is 0 Å². The molecule has 0 unspecified atom stereocenters. The highest BCUT2D eigenvalue weighted by Crippen LogP contribution is 2.49. The molecule has 0 nitrogen and oxygen atoms in total. The molecule has 188 valence electrons. The zero-order chi connectivity index (χ0) is 26.6. The largest absolute Gasteiger partial charge is 0.0610 e. The molecule has 0 bridgehead atoms. The molecule has 0 amide bonds. The Morgan fingerprint density at radius 3 is 1.44 bits per heavy atom. The van der Waals surface area contributed by atoms with Crippen LogP contribution in [0.1, 0.15) is 105 Å². The lowest BCUT2D eigenvalue weighted by molar-refractivity contribution is 0.535. The molecule has 0 saturated heterocycles. The number of benzene rings is 5. The summed E-state index contributed by atoms with van der Waals surface area (Å²) in [5.74, 6) is 0. The summed E-state index contributed by atoms with van der Waals surface area (Å²) in [6.07, 6.45) is 0. The van der Waals surface area contributed by atoms with Gasteiger partial charge in [-0.1, -0.05) is 119 Å². The number of hydrogen-bond donors (Lipinski definition) is 0. The third-order valence-corrected chi connectivity index (χ3v) is 8.06. The van der Waals surface area contributed by atoms with Crippen molar-refractivity contribution in [1.82, 2.24) is 0 Å². The van der Waals surface area contributed by atoms with E-state index in [1.165, 1.54) is 65.3 Å². The first kappa shape index (κ1) is 25.1. The third kappa shape index (κ3) is 3.80. The number of fused-ring (bicyclic) bond motifs is 2. The number of rotatable bonds is 0. The van der Waals surface area contributed by atoms with Crippen LogP contribution < -0.4 is 0 Å². The van der Waals surface area contributed by atoms with Crippen LogP contribution in [0.2, 0.25) is 0 Å². The molecule has 5 aromatic rings. The van der Waals surface area contributed by atoms with Gasteiger partial charge in [-0.2, -0.15) is 0 Å². The average molecular weight is 477 g/mol. The van der Waals surface area contributed by atoms with Crippen LogP contribution in [0.4, 0.5) is 0 Å². The van der Waals surface area contributed by atoms with Crippen molar-refractivity contribution in [3.63, 3.8) is 0 Å². The van der Waals surface area contributed by atoms with Crippen LogP contribution >= 0.6 is 0 Å². The summed E-state index contributed by atoms with van der Waals surface area (Å²) >= 11 is 0. The summed E-state index contributed by atoms with van der Waals surface area (Å²) in [6, 6.07) is 19.4. The van der Waals surface area contributed by atoms with Gasteiger partial charge in [0.25, 0.3) is 0 Å². The Kier molecular flexibility index (Phi) is 5.20. The second kappa shape index (κ2) is 7.47. The molecular formula is C36H44. The Labute approximate surface area is 218 Å². The summed E-state index contributed by atoms with van der Waals surface area (Å²) < 4.78 is 0. The van der Waals surface area contributed by atoms with Gasteiger partial charge < -0.3 is 0 Å². The van der Waals surface area contributed by atoms with Gasteiger partial charge in [0, 0.05) is 0 Å². The Balaban J connectivity index is 2.20. The van der Waals surface area contributed by atoms with Gasteiger partial charge in [0.2, 0.25) is 0 Å². The van der Waals surface area contributed by atoms with Crippen LogP contribution in [-0.2, 0) is 21.7 Å². The van der Waals surface area contributed by atoms with Gasteiger partial charge in [-0.05, 0) is 99.1 Å². The van der Waals surface area contributed by atoms with Crippen molar-refractivity contribution in [2.45, 2.75) is 105 Å². The number of hydrogen-bond acceptors (Lipinski definition) is 0. The smallest absolute Gasteiger partial charge is 0.00230 e. The van der Waals surface area contributed by atoms with E-state index in [9.17, 15) is 0 Å². The molecule has 0 aliphatic heterocycles. The van der Waals surface area contributed by atoms with Crippen LogP contribution in [0, 0.1) is 0 Å². The van der Waals surface area contributed by atoms with E-state index in [2.05, 4.69) is 132 Å². The normalized spacial score (nSPS) is 14.1. The molecule has 0 spiro atoms. The van der Waals surface area contributed by atoms with E-state index in [1.54, 1.807) is 0 Å². The van der Waals surface area contributed by atoms with E-state index < -0.39 is 0 Å². The summed E-state index contributed by atoms with van der Waals surface area (Å²) in [5.41, 5.74) is 6.04. The Morgan fingerprint density at radius 2 is 0.944 bits per heavy atom. The minimum absolute atomic E-state index is 0.0249. The highest BCUT2D eigenvalue weighted by atomic mass is 14.3. The molecule has 0 radical (unpaired) electrons. The molecule has 0 heterocycles. The molecule has 0 fully saturated rings. The van der Waals surface area contributed by atoms with E-state index in [-0.39, 0.29) is 21.7 Å². The van der Waals surface area contributed by atoms with Gasteiger partial charge >= 0.3 is 0 Å². The predicted octanol–water partition coefficient (Wildman–Crippen LogP) is 10.9. The average Bonchev–Trinajstić information content (AvgIpc) is 2.73.